The Hall–Kier alpha value is -0.440. The molecular weight excluding hydrogens is 185 g/mol. The Bertz CT molecular complexity index is 169. The molecule has 1 heterocycles. The first kappa shape index (κ1) is 8.56. The van der Waals surface area contributed by atoms with E-state index in [1.54, 1.807) is 25.4 Å². The maximum atomic E-state index is 12.3. The lowest BCUT2D eigenvalue weighted by Gasteiger charge is -1.83. The molecule has 0 atom stereocenters. The number of nitrogens with zero attached hydrogens (tertiary/aromatic N) is 1. The van der Waals surface area contributed by atoms with Gasteiger partial charge < -0.3 is 17.0 Å². The zero-order chi connectivity index (χ0) is 5.98. The second-order valence-electron chi connectivity index (χ2n) is 1.63. The zero-order valence-electron chi connectivity index (χ0n) is 5.01. The highest BCUT2D eigenvalue weighted by Gasteiger charge is 1.97. The van der Waals surface area contributed by atoms with Gasteiger partial charge in [-0.1, -0.05) is 0 Å². The Morgan fingerprint density at radius 1 is 1.44 bits per heavy atom. The van der Waals surface area contributed by atoms with Gasteiger partial charge in [0.25, 0.3) is 0 Å². The van der Waals surface area contributed by atoms with Crippen LogP contribution < -0.4 is 21.5 Å². The van der Waals surface area contributed by atoms with Gasteiger partial charge in [-0.2, -0.15) is 4.57 Å². The summed E-state index contributed by atoms with van der Waals surface area (Å²) < 4.78 is 13.7. The van der Waals surface area contributed by atoms with Crippen LogP contribution in [0.15, 0.2) is 24.4 Å². The second kappa shape index (κ2) is 3.56. The standard InChI is InChI=1S/C6H7FN.BrH/c1-8-5-3-2-4-6(8)7;/h2-5H,1H3;1H/q+1;/p-1. The molecule has 0 saturated carbocycles. The highest BCUT2D eigenvalue weighted by atomic mass is 79.9. The molecule has 0 saturated heterocycles. The van der Waals surface area contributed by atoms with Gasteiger partial charge in [-0.05, 0) is 6.07 Å². The average Bonchev–Trinajstić information content (AvgIpc) is 1.77. The second-order valence-corrected chi connectivity index (χ2v) is 1.63. The number of aryl methyl sites for hydroxylation is 1. The lowest BCUT2D eigenvalue weighted by atomic mass is 10.5. The molecule has 0 spiro atoms. The first-order valence-electron chi connectivity index (χ1n) is 2.41. The number of aromatic nitrogens is 1. The van der Waals surface area contributed by atoms with Gasteiger partial charge in [0.2, 0.25) is 0 Å². The molecule has 50 valence electrons. The molecule has 1 aromatic heterocycles. The van der Waals surface area contributed by atoms with Gasteiger partial charge in [0.1, 0.15) is 7.05 Å². The van der Waals surface area contributed by atoms with Crippen LogP contribution in [0, 0.1) is 5.95 Å². The van der Waals surface area contributed by atoms with Crippen molar-refractivity contribution in [2.24, 2.45) is 7.05 Å². The number of pyridine rings is 1. The molecule has 0 aliphatic carbocycles. The highest BCUT2D eigenvalue weighted by Crippen LogP contribution is 1.83. The lowest BCUT2D eigenvalue weighted by molar-refractivity contribution is -0.700. The van der Waals surface area contributed by atoms with Crippen LogP contribution in [0.1, 0.15) is 0 Å². The van der Waals surface area contributed by atoms with Crippen LogP contribution in [0.4, 0.5) is 4.39 Å². The largest absolute Gasteiger partial charge is 1.00 e. The third-order valence-electron chi connectivity index (χ3n) is 0.991. The molecule has 3 heteroatoms. The van der Waals surface area contributed by atoms with Crippen LogP contribution in [0.5, 0.6) is 0 Å². The van der Waals surface area contributed by atoms with E-state index in [0.29, 0.717) is 0 Å². The van der Waals surface area contributed by atoms with E-state index >= 15 is 0 Å². The summed E-state index contributed by atoms with van der Waals surface area (Å²) in [7, 11) is 1.66. The van der Waals surface area contributed by atoms with Gasteiger partial charge in [0, 0.05) is 12.1 Å². The molecule has 0 fully saturated rings. The van der Waals surface area contributed by atoms with Crippen molar-refractivity contribution in [2.75, 3.05) is 0 Å². The normalized spacial score (nSPS) is 8.22. The summed E-state index contributed by atoms with van der Waals surface area (Å²) in [5.41, 5.74) is 0. The quantitative estimate of drug-likeness (QED) is 0.320. The van der Waals surface area contributed by atoms with Crippen molar-refractivity contribution in [1.29, 1.82) is 0 Å². The fourth-order valence-electron chi connectivity index (χ4n) is 0.503. The Morgan fingerprint density at radius 2 is 2.11 bits per heavy atom. The summed E-state index contributed by atoms with van der Waals surface area (Å²) in [4.78, 5) is 0. The number of halogens is 2. The molecule has 9 heavy (non-hydrogen) atoms. The minimum atomic E-state index is -0.215. The molecule has 0 radical (unpaired) electrons. The number of hydrogen-bond donors (Lipinski definition) is 0. The van der Waals surface area contributed by atoms with E-state index in [2.05, 4.69) is 0 Å². The molecular formula is C6H7BrFN. The molecule has 0 N–H and O–H groups in total. The van der Waals surface area contributed by atoms with Gasteiger partial charge in [-0.15, -0.1) is 4.39 Å². The van der Waals surface area contributed by atoms with E-state index < -0.39 is 0 Å². The van der Waals surface area contributed by atoms with E-state index in [0.717, 1.165) is 0 Å². The topological polar surface area (TPSA) is 3.88 Å². The van der Waals surface area contributed by atoms with Gasteiger partial charge in [-0.3, -0.25) is 0 Å². The first-order valence-corrected chi connectivity index (χ1v) is 2.41. The van der Waals surface area contributed by atoms with Gasteiger partial charge in [-0.25, -0.2) is 0 Å². The van der Waals surface area contributed by atoms with Crippen molar-refractivity contribution < 1.29 is 25.9 Å². The zero-order valence-corrected chi connectivity index (χ0v) is 6.60. The Balaban J connectivity index is 0.000000640. The number of rotatable bonds is 0. The Morgan fingerprint density at radius 3 is 2.44 bits per heavy atom. The maximum Gasteiger partial charge on any atom is 0.359 e. The van der Waals surface area contributed by atoms with E-state index in [1.165, 1.54) is 10.6 Å². The van der Waals surface area contributed by atoms with Gasteiger partial charge >= 0.3 is 5.95 Å². The van der Waals surface area contributed by atoms with Crippen LogP contribution in [0.25, 0.3) is 0 Å². The monoisotopic (exact) mass is 191 g/mol. The van der Waals surface area contributed by atoms with Crippen LogP contribution in [-0.2, 0) is 7.05 Å². The predicted octanol–water partition coefficient (Wildman–Crippen LogP) is -2.35. The SMILES string of the molecule is C[n+]1ccccc1F.[Br-]. The molecule has 0 aromatic carbocycles. The fourth-order valence-corrected chi connectivity index (χ4v) is 0.503. The van der Waals surface area contributed by atoms with Crippen molar-refractivity contribution in [2.45, 2.75) is 0 Å². The minimum absolute atomic E-state index is 0. The summed E-state index contributed by atoms with van der Waals surface area (Å²) in [6, 6.07) is 4.86. The van der Waals surface area contributed by atoms with E-state index in [1.807, 2.05) is 0 Å². The van der Waals surface area contributed by atoms with Crippen molar-refractivity contribution >= 4 is 0 Å². The summed E-state index contributed by atoms with van der Waals surface area (Å²) in [5.74, 6) is -0.215. The molecule has 0 aliphatic rings. The first-order chi connectivity index (χ1) is 3.80. The minimum Gasteiger partial charge on any atom is -1.00 e. The molecule has 1 rings (SSSR count). The van der Waals surface area contributed by atoms with Crippen LogP contribution >= 0.6 is 0 Å². The molecule has 0 aliphatic heterocycles. The van der Waals surface area contributed by atoms with Crippen molar-refractivity contribution in [3.63, 3.8) is 0 Å². The molecule has 0 bridgehead atoms. The molecule has 1 nitrogen and oxygen atoms in total. The number of hydrogen-bond acceptors (Lipinski definition) is 0. The fraction of sp³-hybridized carbons (Fsp3) is 0.167. The maximum absolute atomic E-state index is 12.3. The predicted molar refractivity (Wildman–Crippen MR) is 27.6 cm³/mol. The van der Waals surface area contributed by atoms with Crippen molar-refractivity contribution in [3.8, 4) is 0 Å². The van der Waals surface area contributed by atoms with Gasteiger partial charge in [0.15, 0.2) is 6.20 Å². The van der Waals surface area contributed by atoms with Crippen molar-refractivity contribution in [3.05, 3.63) is 30.3 Å². The molecule has 0 amide bonds. The van der Waals surface area contributed by atoms with Crippen LogP contribution in [0.3, 0.4) is 0 Å². The smallest absolute Gasteiger partial charge is 0.359 e. The highest BCUT2D eigenvalue weighted by molar-refractivity contribution is 4.85. The lowest BCUT2D eigenvalue weighted by Crippen LogP contribution is -3.00. The van der Waals surface area contributed by atoms with Crippen LogP contribution in [0.2, 0.25) is 0 Å². The summed E-state index contributed by atoms with van der Waals surface area (Å²) in [6.45, 7) is 0. The molecule has 0 unspecified atom stereocenters. The third-order valence-corrected chi connectivity index (χ3v) is 0.991. The summed E-state index contributed by atoms with van der Waals surface area (Å²) >= 11 is 0. The van der Waals surface area contributed by atoms with Gasteiger partial charge in [0.05, 0.1) is 0 Å². The molecule has 1 aromatic rings. The van der Waals surface area contributed by atoms with E-state index in [9.17, 15) is 4.39 Å². The Kier molecular flexibility index (Phi) is 3.39. The average molecular weight is 192 g/mol. The van der Waals surface area contributed by atoms with E-state index in [4.69, 9.17) is 0 Å². The Labute approximate surface area is 63.9 Å². The van der Waals surface area contributed by atoms with E-state index in [-0.39, 0.29) is 22.9 Å². The van der Waals surface area contributed by atoms with Crippen molar-refractivity contribution in [1.82, 2.24) is 0 Å². The summed E-state index contributed by atoms with van der Waals surface area (Å²) in [6.07, 6.45) is 1.66. The summed E-state index contributed by atoms with van der Waals surface area (Å²) in [5, 5.41) is 0. The van der Waals surface area contributed by atoms with Crippen LogP contribution in [-0.4, -0.2) is 0 Å². The third kappa shape index (κ3) is 2.10.